The van der Waals surface area contributed by atoms with Gasteiger partial charge in [-0.05, 0) is 6.92 Å². The lowest BCUT2D eigenvalue weighted by molar-refractivity contribution is 0.0992. The van der Waals surface area contributed by atoms with Crippen LogP contribution >= 0.6 is 11.3 Å². The zero-order chi connectivity index (χ0) is 11.5. The molecule has 0 aromatic carbocycles. The minimum Gasteiger partial charge on any atom is -0.375 e. The van der Waals surface area contributed by atoms with Gasteiger partial charge < -0.3 is 5.73 Å². The first kappa shape index (κ1) is 10.8. The van der Waals surface area contributed by atoms with E-state index in [1.54, 1.807) is 22.5 Å². The lowest BCUT2D eigenvalue weighted by Crippen LogP contribution is -2.03. The Balaban J connectivity index is 2.08. The molecule has 6 heteroatoms. The number of hydrogen-bond acceptors (Lipinski definition) is 5. The molecular weight excluding hydrogens is 224 g/mol. The summed E-state index contributed by atoms with van der Waals surface area (Å²) in [5.74, 6) is 0.0185. The number of nitrogen functional groups attached to an aromatic ring is 1. The smallest absolute Gasteiger partial charge is 0.180 e. The summed E-state index contributed by atoms with van der Waals surface area (Å²) in [5.41, 5.74) is 6.84. The maximum Gasteiger partial charge on any atom is 0.180 e. The van der Waals surface area contributed by atoms with Gasteiger partial charge >= 0.3 is 0 Å². The molecule has 0 fully saturated rings. The standard InChI is InChI=1S/C10H12N4OS/c1-2-14-5-7(4-12-14)9(15)3-8-6-16-10(11)13-8/h4-6H,2-3H2,1H3,(H2,11,13). The number of aryl methyl sites for hydroxylation is 1. The SMILES string of the molecule is CCn1cc(C(=O)Cc2csc(N)n2)cn1. The first-order valence-corrected chi connectivity index (χ1v) is 5.82. The van der Waals surface area contributed by atoms with E-state index in [0.29, 0.717) is 10.7 Å². The number of carbonyl (C=O) groups excluding carboxylic acids is 1. The van der Waals surface area contributed by atoms with Gasteiger partial charge in [-0.1, -0.05) is 0 Å². The number of hydrogen-bond donors (Lipinski definition) is 1. The summed E-state index contributed by atoms with van der Waals surface area (Å²) in [7, 11) is 0. The average Bonchev–Trinajstić information content (AvgIpc) is 2.87. The van der Waals surface area contributed by atoms with Crippen molar-refractivity contribution < 1.29 is 4.79 Å². The van der Waals surface area contributed by atoms with Crippen molar-refractivity contribution in [3.8, 4) is 0 Å². The van der Waals surface area contributed by atoms with Gasteiger partial charge in [0.2, 0.25) is 0 Å². The van der Waals surface area contributed by atoms with Crippen molar-refractivity contribution in [2.24, 2.45) is 0 Å². The lowest BCUT2D eigenvalue weighted by atomic mass is 10.1. The van der Waals surface area contributed by atoms with E-state index in [-0.39, 0.29) is 12.2 Å². The van der Waals surface area contributed by atoms with Crippen LogP contribution in [0.3, 0.4) is 0 Å². The highest BCUT2D eigenvalue weighted by Gasteiger charge is 2.11. The number of anilines is 1. The van der Waals surface area contributed by atoms with E-state index in [9.17, 15) is 4.79 Å². The number of nitrogens with zero attached hydrogens (tertiary/aromatic N) is 3. The van der Waals surface area contributed by atoms with E-state index >= 15 is 0 Å². The Morgan fingerprint density at radius 3 is 3.00 bits per heavy atom. The van der Waals surface area contributed by atoms with Gasteiger partial charge in [0.25, 0.3) is 0 Å². The quantitative estimate of drug-likeness (QED) is 0.813. The molecule has 2 N–H and O–H groups in total. The molecule has 2 aromatic heterocycles. The molecule has 0 aliphatic rings. The average molecular weight is 236 g/mol. The van der Waals surface area contributed by atoms with Gasteiger partial charge in [-0.25, -0.2) is 4.98 Å². The maximum absolute atomic E-state index is 11.8. The van der Waals surface area contributed by atoms with Gasteiger partial charge in [-0.3, -0.25) is 9.48 Å². The minimum atomic E-state index is 0.0185. The summed E-state index contributed by atoms with van der Waals surface area (Å²) in [4.78, 5) is 15.9. The predicted molar refractivity (Wildman–Crippen MR) is 62.5 cm³/mol. The van der Waals surface area contributed by atoms with Crippen molar-refractivity contribution in [2.45, 2.75) is 19.9 Å². The second-order valence-corrected chi connectivity index (χ2v) is 4.25. The highest BCUT2D eigenvalue weighted by Crippen LogP contribution is 2.13. The molecule has 0 atom stereocenters. The molecule has 0 amide bonds. The molecule has 2 rings (SSSR count). The summed E-state index contributed by atoms with van der Waals surface area (Å²) in [6.07, 6.45) is 3.61. The Bertz CT molecular complexity index is 502. The van der Waals surface area contributed by atoms with E-state index in [1.165, 1.54) is 11.3 Å². The van der Waals surface area contributed by atoms with Crippen LogP contribution in [0.25, 0.3) is 0 Å². The van der Waals surface area contributed by atoms with Crippen LogP contribution in [0.5, 0.6) is 0 Å². The third-order valence-electron chi connectivity index (χ3n) is 2.19. The normalized spacial score (nSPS) is 10.6. The van der Waals surface area contributed by atoms with Crippen LogP contribution in [0.2, 0.25) is 0 Å². The lowest BCUT2D eigenvalue weighted by Gasteiger charge is -1.94. The van der Waals surface area contributed by atoms with Crippen LogP contribution in [0.4, 0.5) is 5.13 Å². The summed E-state index contributed by atoms with van der Waals surface area (Å²) in [6, 6.07) is 0. The second kappa shape index (κ2) is 4.44. The monoisotopic (exact) mass is 236 g/mol. The third-order valence-corrected chi connectivity index (χ3v) is 2.91. The predicted octanol–water partition coefficient (Wildman–Crippen LogP) is 1.37. The highest BCUT2D eigenvalue weighted by atomic mass is 32.1. The van der Waals surface area contributed by atoms with E-state index in [0.717, 1.165) is 12.2 Å². The summed E-state index contributed by atoms with van der Waals surface area (Å²) in [6.45, 7) is 2.74. The van der Waals surface area contributed by atoms with Crippen molar-refractivity contribution in [1.82, 2.24) is 14.8 Å². The summed E-state index contributed by atoms with van der Waals surface area (Å²) >= 11 is 1.34. The summed E-state index contributed by atoms with van der Waals surface area (Å²) in [5, 5.41) is 6.35. The molecule has 2 aromatic rings. The molecule has 0 saturated heterocycles. The summed E-state index contributed by atoms with van der Waals surface area (Å²) < 4.78 is 1.72. The molecule has 2 heterocycles. The van der Waals surface area contributed by atoms with Gasteiger partial charge in [-0.15, -0.1) is 11.3 Å². The van der Waals surface area contributed by atoms with Gasteiger partial charge in [0.05, 0.1) is 23.9 Å². The zero-order valence-corrected chi connectivity index (χ0v) is 9.70. The number of nitrogens with two attached hydrogens (primary N) is 1. The van der Waals surface area contributed by atoms with E-state index in [4.69, 9.17) is 5.73 Å². The number of ketones is 1. The Hall–Kier alpha value is -1.69. The van der Waals surface area contributed by atoms with E-state index in [2.05, 4.69) is 10.1 Å². The number of carbonyl (C=O) groups is 1. The molecular formula is C10H12N4OS. The fourth-order valence-corrected chi connectivity index (χ4v) is 1.91. The zero-order valence-electron chi connectivity index (χ0n) is 8.88. The fourth-order valence-electron chi connectivity index (χ4n) is 1.35. The number of rotatable bonds is 4. The Labute approximate surface area is 96.9 Å². The maximum atomic E-state index is 11.8. The van der Waals surface area contributed by atoms with Crippen LogP contribution in [0.15, 0.2) is 17.8 Å². The molecule has 5 nitrogen and oxygen atoms in total. The molecule has 0 aliphatic carbocycles. The number of Topliss-reactive ketones (excluding diaryl/α,β-unsaturated/α-hetero) is 1. The van der Waals surface area contributed by atoms with Gasteiger partial charge in [0.1, 0.15) is 0 Å². The highest BCUT2D eigenvalue weighted by molar-refractivity contribution is 7.13. The molecule has 0 spiro atoms. The second-order valence-electron chi connectivity index (χ2n) is 3.36. The molecule has 0 aliphatic heterocycles. The number of thiazole rings is 1. The molecule has 0 unspecified atom stereocenters. The van der Waals surface area contributed by atoms with Crippen molar-refractivity contribution in [3.05, 3.63) is 29.0 Å². The molecule has 0 bridgehead atoms. The van der Waals surface area contributed by atoms with Gasteiger partial charge in [0.15, 0.2) is 10.9 Å². The van der Waals surface area contributed by atoms with Crippen molar-refractivity contribution in [1.29, 1.82) is 0 Å². The Morgan fingerprint density at radius 2 is 2.44 bits per heavy atom. The van der Waals surface area contributed by atoms with Crippen molar-refractivity contribution >= 4 is 22.3 Å². The van der Waals surface area contributed by atoms with Gasteiger partial charge in [-0.2, -0.15) is 5.10 Å². The largest absolute Gasteiger partial charge is 0.375 e. The van der Waals surface area contributed by atoms with Gasteiger partial charge in [0, 0.05) is 18.1 Å². The Morgan fingerprint density at radius 1 is 1.62 bits per heavy atom. The number of aromatic nitrogens is 3. The van der Waals surface area contributed by atoms with Crippen LogP contribution in [0, 0.1) is 0 Å². The molecule has 16 heavy (non-hydrogen) atoms. The Kier molecular flexibility index (Phi) is 3.00. The first-order chi connectivity index (χ1) is 7.69. The third kappa shape index (κ3) is 2.27. The molecule has 0 saturated carbocycles. The molecule has 0 radical (unpaired) electrons. The molecule has 84 valence electrons. The fraction of sp³-hybridized carbons (Fsp3) is 0.300. The van der Waals surface area contributed by atoms with Crippen LogP contribution in [-0.2, 0) is 13.0 Å². The minimum absolute atomic E-state index is 0.0185. The van der Waals surface area contributed by atoms with E-state index in [1.807, 2.05) is 6.92 Å². The first-order valence-electron chi connectivity index (χ1n) is 4.94. The van der Waals surface area contributed by atoms with Crippen LogP contribution < -0.4 is 5.73 Å². The topological polar surface area (TPSA) is 73.8 Å². The van der Waals surface area contributed by atoms with Crippen molar-refractivity contribution in [3.63, 3.8) is 0 Å². The van der Waals surface area contributed by atoms with Crippen molar-refractivity contribution in [2.75, 3.05) is 5.73 Å². The van der Waals surface area contributed by atoms with Crippen LogP contribution in [-0.4, -0.2) is 20.5 Å². The van der Waals surface area contributed by atoms with E-state index < -0.39 is 0 Å². The van der Waals surface area contributed by atoms with Crippen LogP contribution in [0.1, 0.15) is 23.0 Å².